The van der Waals surface area contributed by atoms with Gasteiger partial charge >= 0.3 is 0 Å². The van der Waals surface area contributed by atoms with E-state index in [0.717, 1.165) is 18.8 Å². The molecule has 1 saturated heterocycles. The van der Waals surface area contributed by atoms with Gasteiger partial charge in [0.25, 0.3) is 0 Å². The van der Waals surface area contributed by atoms with Crippen molar-refractivity contribution < 1.29 is 4.79 Å². The Morgan fingerprint density at radius 3 is 3.14 bits per heavy atom. The fourth-order valence-corrected chi connectivity index (χ4v) is 1.31. The average molecular weight is 195 g/mol. The first-order valence-corrected chi connectivity index (χ1v) is 4.52. The number of amides is 1. The number of nitrogens with two attached hydrogens (primary N) is 1. The molecule has 1 fully saturated rings. The molecule has 2 rings (SSSR count). The number of aromatic nitrogens is 2. The van der Waals surface area contributed by atoms with Gasteiger partial charge < -0.3 is 16.4 Å². The van der Waals surface area contributed by atoms with E-state index in [4.69, 9.17) is 5.73 Å². The summed E-state index contributed by atoms with van der Waals surface area (Å²) in [7, 11) is 0. The first-order chi connectivity index (χ1) is 6.74. The van der Waals surface area contributed by atoms with E-state index in [0.29, 0.717) is 6.04 Å². The van der Waals surface area contributed by atoms with Crippen molar-refractivity contribution in [2.45, 2.75) is 12.6 Å². The highest BCUT2D eigenvalue weighted by atomic mass is 16.1. The third kappa shape index (κ3) is 2.02. The Morgan fingerprint density at radius 2 is 2.57 bits per heavy atom. The van der Waals surface area contributed by atoms with Gasteiger partial charge in [-0.25, -0.2) is 0 Å². The second-order valence-corrected chi connectivity index (χ2v) is 3.39. The maximum atomic E-state index is 10.6. The fraction of sp³-hybridized carbons (Fsp3) is 0.500. The normalized spacial score (nSPS) is 16.3. The predicted octanol–water partition coefficient (Wildman–Crippen LogP) is -1.25. The molecule has 0 aromatic carbocycles. The zero-order valence-electron chi connectivity index (χ0n) is 7.73. The van der Waals surface area contributed by atoms with Crippen LogP contribution in [0.3, 0.4) is 0 Å². The number of carbonyl (C=O) groups excluding carboxylic acids is 1. The minimum atomic E-state index is -0.384. The molecule has 0 radical (unpaired) electrons. The minimum Gasteiger partial charge on any atom is -0.377 e. The average Bonchev–Trinajstić information content (AvgIpc) is 2.44. The first-order valence-electron chi connectivity index (χ1n) is 4.52. The second-order valence-electron chi connectivity index (χ2n) is 3.39. The number of rotatable bonds is 4. The number of hydrogen-bond donors (Lipinski definition) is 3. The third-order valence-electron chi connectivity index (χ3n) is 2.10. The Hall–Kier alpha value is -1.56. The van der Waals surface area contributed by atoms with Crippen molar-refractivity contribution >= 4 is 11.6 Å². The summed E-state index contributed by atoms with van der Waals surface area (Å²) < 4.78 is 1.52. The van der Waals surface area contributed by atoms with E-state index < -0.39 is 0 Å². The molecule has 0 saturated carbocycles. The summed E-state index contributed by atoms with van der Waals surface area (Å²) in [6.45, 7) is 2.08. The number of anilines is 1. The SMILES string of the molecule is NC(=O)Cn1cc(NC2CNC2)cn1. The van der Waals surface area contributed by atoms with Crippen LogP contribution >= 0.6 is 0 Å². The lowest BCUT2D eigenvalue weighted by Gasteiger charge is -2.28. The molecular formula is C8H13N5O. The van der Waals surface area contributed by atoms with Crippen LogP contribution in [0.4, 0.5) is 5.69 Å². The van der Waals surface area contributed by atoms with Gasteiger partial charge in [-0.3, -0.25) is 9.48 Å². The molecule has 76 valence electrons. The number of nitrogens with one attached hydrogen (secondary N) is 2. The molecule has 0 spiro atoms. The van der Waals surface area contributed by atoms with E-state index in [1.165, 1.54) is 4.68 Å². The van der Waals surface area contributed by atoms with Gasteiger partial charge in [0.05, 0.1) is 17.9 Å². The van der Waals surface area contributed by atoms with Crippen LogP contribution in [0, 0.1) is 0 Å². The largest absolute Gasteiger partial charge is 0.377 e. The smallest absolute Gasteiger partial charge is 0.239 e. The van der Waals surface area contributed by atoms with Crippen molar-refractivity contribution in [2.75, 3.05) is 18.4 Å². The van der Waals surface area contributed by atoms with Gasteiger partial charge in [0.2, 0.25) is 5.91 Å². The molecule has 1 aliphatic heterocycles. The topological polar surface area (TPSA) is 85.0 Å². The molecule has 0 atom stereocenters. The second kappa shape index (κ2) is 3.67. The van der Waals surface area contributed by atoms with E-state index in [2.05, 4.69) is 15.7 Å². The zero-order valence-corrected chi connectivity index (χ0v) is 7.73. The molecule has 1 aromatic rings. The van der Waals surface area contributed by atoms with E-state index >= 15 is 0 Å². The number of carbonyl (C=O) groups is 1. The van der Waals surface area contributed by atoms with Gasteiger partial charge in [-0.05, 0) is 0 Å². The number of primary amides is 1. The molecular weight excluding hydrogens is 182 g/mol. The molecule has 6 nitrogen and oxygen atoms in total. The van der Waals surface area contributed by atoms with E-state index in [-0.39, 0.29) is 12.5 Å². The fourth-order valence-electron chi connectivity index (χ4n) is 1.31. The van der Waals surface area contributed by atoms with Crippen LogP contribution in [0.25, 0.3) is 0 Å². The monoisotopic (exact) mass is 195 g/mol. The quantitative estimate of drug-likeness (QED) is 0.560. The number of hydrogen-bond acceptors (Lipinski definition) is 4. The standard InChI is InChI=1S/C8H13N5O/c9-8(14)5-13-4-7(3-11-13)12-6-1-10-2-6/h3-4,6,10,12H,1-2,5H2,(H2,9,14). The molecule has 6 heteroatoms. The summed E-state index contributed by atoms with van der Waals surface area (Å²) in [6, 6.07) is 0.473. The van der Waals surface area contributed by atoms with Gasteiger partial charge in [0.1, 0.15) is 6.54 Å². The van der Waals surface area contributed by atoms with Crippen molar-refractivity contribution in [3.63, 3.8) is 0 Å². The highest BCUT2D eigenvalue weighted by molar-refractivity contribution is 5.73. The molecule has 1 aromatic heterocycles. The third-order valence-corrected chi connectivity index (χ3v) is 2.10. The van der Waals surface area contributed by atoms with E-state index in [9.17, 15) is 4.79 Å². The highest BCUT2D eigenvalue weighted by Gasteiger charge is 2.16. The molecule has 0 unspecified atom stereocenters. The molecule has 0 aliphatic carbocycles. The van der Waals surface area contributed by atoms with Gasteiger partial charge in [-0.2, -0.15) is 5.10 Å². The predicted molar refractivity (Wildman–Crippen MR) is 51.7 cm³/mol. The summed E-state index contributed by atoms with van der Waals surface area (Å²) in [5.74, 6) is -0.384. The molecule has 14 heavy (non-hydrogen) atoms. The van der Waals surface area contributed by atoms with Crippen LogP contribution in [-0.2, 0) is 11.3 Å². The van der Waals surface area contributed by atoms with Crippen LogP contribution in [0.5, 0.6) is 0 Å². The van der Waals surface area contributed by atoms with Crippen molar-refractivity contribution in [3.05, 3.63) is 12.4 Å². The van der Waals surface area contributed by atoms with Gasteiger partial charge in [-0.1, -0.05) is 0 Å². The summed E-state index contributed by atoms with van der Waals surface area (Å²) in [4.78, 5) is 10.6. The minimum absolute atomic E-state index is 0.130. The zero-order chi connectivity index (χ0) is 9.97. The lowest BCUT2D eigenvalue weighted by atomic mass is 10.2. The van der Waals surface area contributed by atoms with Crippen LogP contribution in [0.15, 0.2) is 12.4 Å². The van der Waals surface area contributed by atoms with Crippen LogP contribution < -0.4 is 16.4 Å². The van der Waals surface area contributed by atoms with Gasteiger partial charge in [0.15, 0.2) is 0 Å². The van der Waals surface area contributed by atoms with Crippen LogP contribution in [0.2, 0.25) is 0 Å². The van der Waals surface area contributed by atoms with Crippen LogP contribution in [0.1, 0.15) is 0 Å². The number of nitrogens with zero attached hydrogens (tertiary/aromatic N) is 2. The summed E-state index contributed by atoms with van der Waals surface area (Å²) >= 11 is 0. The summed E-state index contributed by atoms with van der Waals surface area (Å²) in [5.41, 5.74) is 5.97. The maximum Gasteiger partial charge on any atom is 0.239 e. The van der Waals surface area contributed by atoms with Gasteiger partial charge in [0, 0.05) is 19.3 Å². The molecule has 4 N–H and O–H groups in total. The Kier molecular flexibility index (Phi) is 2.36. The Labute approximate surface area is 81.5 Å². The Morgan fingerprint density at radius 1 is 1.79 bits per heavy atom. The Bertz CT molecular complexity index is 330. The van der Waals surface area contributed by atoms with E-state index in [1.807, 2.05) is 0 Å². The molecule has 0 bridgehead atoms. The summed E-state index contributed by atoms with van der Waals surface area (Å²) in [5, 5.41) is 10.4. The summed E-state index contributed by atoms with van der Waals surface area (Å²) in [6.07, 6.45) is 3.48. The van der Waals surface area contributed by atoms with Crippen molar-refractivity contribution in [2.24, 2.45) is 5.73 Å². The molecule has 2 heterocycles. The van der Waals surface area contributed by atoms with Crippen molar-refractivity contribution in [1.29, 1.82) is 0 Å². The first kappa shape index (κ1) is 9.01. The Balaban J connectivity index is 1.91. The maximum absolute atomic E-state index is 10.6. The van der Waals surface area contributed by atoms with Gasteiger partial charge in [-0.15, -0.1) is 0 Å². The highest BCUT2D eigenvalue weighted by Crippen LogP contribution is 2.08. The van der Waals surface area contributed by atoms with Crippen molar-refractivity contribution in [3.8, 4) is 0 Å². The lowest BCUT2D eigenvalue weighted by Crippen LogP contribution is -2.51. The van der Waals surface area contributed by atoms with E-state index in [1.54, 1.807) is 12.4 Å². The molecule has 1 amide bonds. The van der Waals surface area contributed by atoms with Crippen molar-refractivity contribution in [1.82, 2.24) is 15.1 Å². The molecule has 1 aliphatic rings. The lowest BCUT2D eigenvalue weighted by molar-refractivity contribution is -0.118. The van der Waals surface area contributed by atoms with Crippen LogP contribution in [-0.4, -0.2) is 34.8 Å².